The van der Waals surface area contributed by atoms with E-state index in [9.17, 15) is 4.79 Å². The number of benzene rings is 1. The fraction of sp³-hybridized carbons (Fsp3) is 0.500. The third-order valence-corrected chi connectivity index (χ3v) is 3.57. The molecule has 0 saturated carbocycles. The highest BCUT2D eigenvalue weighted by Crippen LogP contribution is 2.19. The van der Waals surface area contributed by atoms with E-state index in [0.717, 1.165) is 30.2 Å². The number of nitrogens with zero attached hydrogens (tertiary/aromatic N) is 1. The zero-order valence-electron chi connectivity index (χ0n) is 11.0. The Morgan fingerprint density at radius 2 is 2.32 bits per heavy atom. The first-order valence-electron chi connectivity index (χ1n) is 6.33. The summed E-state index contributed by atoms with van der Waals surface area (Å²) < 4.78 is 10.2. The molecule has 19 heavy (non-hydrogen) atoms. The zero-order chi connectivity index (χ0) is 13.7. The molecule has 0 aromatic heterocycles. The Kier molecular flexibility index (Phi) is 5.19. The minimum atomic E-state index is -0.232. The van der Waals surface area contributed by atoms with Gasteiger partial charge in [-0.1, -0.05) is 29.8 Å². The molecule has 0 radical (unpaired) electrons. The maximum atomic E-state index is 11.3. The Bertz CT molecular complexity index is 438. The lowest BCUT2D eigenvalue weighted by Gasteiger charge is -2.32. The monoisotopic (exact) mass is 283 g/mol. The molecular weight excluding hydrogens is 266 g/mol. The first kappa shape index (κ1) is 14.3. The van der Waals surface area contributed by atoms with Gasteiger partial charge >= 0.3 is 5.97 Å². The van der Waals surface area contributed by atoms with Crippen LogP contribution in [0.25, 0.3) is 0 Å². The second-order valence-corrected chi connectivity index (χ2v) is 5.01. The topological polar surface area (TPSA) is 38.8 Å². The van der Waals surface area contributed by atoms with Crippen molar-refractivity contribution in [3.8, 4) is 0 Å². The van der Waals surface area contributed by atoms with Crippen LogP contribution in [0.15, 0.2) is 24.3 Å². The van der Waals surface area contributed by atoms with Gasteiger partial charge in [0, 0.05) is 24.7 Å². The maximum absolute atomic E-state index is 11.3. The number of carbonyl (C=O) groups is 1. The summed E-state index contributed by atoms with van der Waals surface area (Å²) in [6.45, 7) is 2.98. The molecule has 1 saturated heterocycles. The SMILES string of the molecule is COC(=O)C[C@@H]1CN(Cc2ccccc2Cl)CCO1. The highest BCUT2D eigenvalue weighted by atomic mass is 35.5. The molecule has 1 heterocycles. The van der Waals surface area contributed by atoms with Gasteiger partial charge in [-0.05, 0) is 11.6 Å². The molecule has 0 amide bonds. The number of morpholine rings is 1. The molecule has 0 spiro atoms. The lowest BCUT2D eigenvalue weighted by molar-refractivity contribution is -0.145. The molecule has 1 fully saturated rings. The van der Waals surface area contributed by atoms with Gasteiger partial charge in [0.15, 0.2) is 0 Å². The van der Waals surface area contributed by atoms with E-state index in [0.29, 0.717) is 13.0 Å². The van der Waals surface area contributed by atoms with Crippen LogP contribution in [0.3, 0.4) is 0 Å². The number of esters is 1. The van der Waals surface area contributed by atoms with Gasteiger partial charge in [0.2, 0.25) is 0 Å². The largest absolute Gasteiger partial charge is 0.469 e. The normalized spacial score (nSPS) is 20.2. The van der Waals surface area contributed by atoms with E-state index in [-0.39, 0.29) is 12.1 Å². The maximum Gasteiger partial charge on any atom is 0.308 e. The molecule has 2 rings (SSSR count). The Hall–Kier alpha value is -1.10. The van der Waals surface area contributed by atoms with Crippen LogP contribution in [0, 0.1) is 0 Å². The molecule has 104 valence electrons. The van der Waals surface area contributed by atoms with Crippen molar-refractivity contribution in [1.82, 2.24) is 4.90 Å². The molecule has 5 heteroatoms. The van der Waals surface area contributed by atoms with Gasteiger partial charge in [-0.2, -0.15) is 0 Å². The van der Waals surface area contributed by atoms with Crippen molar-refractivity contribution in [2.24, 2.45) is 0 Å². The van der Waals surface area contributed by atoms with Crippen LogP contribution in [-0.2, 0) is 20.8 Å². The van der Waals surface area contributed by atoms with Gasteiger partial charge in [0.25, 0.3) is 0 Å². The van der Waals surface area contributed by atoms with Crippen molar-refractivity contribution in [1.29, 1.82) is 0 Å². The number of methoxy groups -OCH3 is 1. The molecule has 1 aromatic rings. The molecule has 1 aliphatic heterocycles. The standard InChI is InChI=1S/C14H18ClNO3/c1-18-14(17)8-12-10-16(6-7-19-12)9-11-4-2-3-5-13(11)15/h2-5,12H,6-10H2,1H3/t12-/m1/s1. The van der Waals surface area contributed by atoms with E-state index in [4.69, 9.17) is 16.3 Å². The number of carbonyl (C=O) groups excluding carboxylic acids is 1. The minimum absolute atomic E-state index is 0.0938. The van der Waals surface area contributed by atoms with Gasteiger partial charge in [-0.15, -0.1) is 0 Å². The molecule has 1 aliphatic rings. The van der Waals surface area contributed by atoms with Crippen LogP contribution in [0.5, 0.6) is 0 Å². The smallest absolute Gasteiger partial charge is 0.308 e. The summed E-state index contributed by atoms with van der Waals surface area (Å²) in [5.74, 6) is -0.232. The van der Waals surface area contributed by atoms with Crippen molar-refractivity contribution in [2.75, 3.05) is 26.8 Å². The summed E-state index contributed by atoms with van der Waals surface area (Å²) in [4.78, 5) is 13.5. The summed E-state index contributed by atoms with van der Waals surface area (Å²) in [6, 6.07) is 7.81. The van der Waals surface area contributed by atoms with Crippen molar-refractivity contribution in [3.05, 3.63) is 34.9 Å². The number of hydrogen-bond donors (Lipinski definition) is 0. The quantitative estimate of drug-likeness (QED) is 0.794. The Labute approximate surface area is 118 Å². The predicted molar refractivity (Wildman–Crippen MR) is 73.1 cm³/mol. The van der Waals surface area contributed by atoms with Gasteiger partial charge in [-0.3, -0.25) is 9.69 Å². The van der Waals surface area contributed by atoms with Crippen LogP contribution in [-0.4, -0.2) is 43.8 Å². The second-order valence-electron chi connectivity index (χ2n) is 4.60. The lowest BCUT2D eigenvalue weighted by atomic mass is 10.1. The summed E-state index contributed by atoms with van der Waals surface area (Å²) >= 11 is 6.15. The molecule has 1 atom stereocenters. The van der Waals surface area contributed by atoms with Gasteiger partial charge in [0.05, 0.1) is 26.2 Å². The van der Waals surface area contributed by atoms with Crippen LogP contribution < -0.4 is 0 Å². The lowest BCUT2D eigenvalue weighted by Crippen LogP contribution is -2.42. The van der Waals surface area contributed by atoms with Crippen LogP contribution in [0.2, 0.25) is 5.02 Å². The van der Waals surface area contributed by atoms with Crippen LogP contribution in [0.4, 0.5) is 0 Å². The van der Waals surface area contributed by atoms with Gasteiger partial charge in [-0.25, -0.2) is 0 Å². The number of ether oxygens (including phenoxy) is 2. The van der Waals surface area contributed by atoms with Gasteiger partial charge < -0.3 is 9.47 Å². The van der Waals surface area contributed by atoms with E-state index in [1.165, 1.54) is 7.11 Å². The van der Waals surface area contributed by atoms with E-state index in [1.807, 2.05) is 24.3 Å². The number of rotatable bonds is 4. The van der Waals surface area contributed by atoms with Crippen molar-refractivity contribution < 1.29 is 14.3 Å². The van der Waals surface area contributed by atoms with Crippen molar-refractivity contribution in [2.45, 2.75) is 19.1 Å². The molecule has 1 aromatic carbocycles. The van der Waals surface area contributed by atoms with Crippen molar-refractivity contribution in [3.63, 3.8) is 0 Å². The Morgan fingerprint density at radius 3 is 3.05 bits per heavy atom. The number of hydrogen-bond acceptors (Lipinski definition) is 4. The number of halogens is 1. The predicted octanol–water partition coefficient (Wildman–Crippen LogP) is 2.10. The van der Waals surface area contributed by atoms with E-state index < -0.39 is 0 Å². The molecule has 0 N–H and O–H groups in total. The molecule has 4 nitrogen and oxygen atoms in total. The summed E-state index contributed by atoms with van der Waals surface area (Å²) in [5, 5.41) is 0.776. The molecular formula is C14H18ClNO3. The fourth-order valence-corrected chi connectivity index (χ4v) is 2.38. The third-order valence-electron chi connectivity index (χ3n) is 3.20. The highest BCUT2D eigenvalue weighted by Gasteiger charge is 2.23. The highest BCUT2D eigenvalue weighted by molar-refractivity contribution is 6.31. The summed E-state index contributed by atoms with van der Waals surface area (Å²) in [6.07, 6.45) is 0.207. The summed E-state index contributed by atoms with van der Waals surface area (Å²) in [5.41, 5.74) is 1.10. The first-order chi connectivity index (χ1) is 9.19. The van der Waals surface area contributed by atoms with E-state index in [1.54, 1.807) is 0 Å². The molecule has 0 aliphatic carbocycles. The molecule has 0 bridgehead atoms. The van der Waals surface area contributed by atoms with Gasteiger partial charge in [0.1, 0.15) is 0 Å². The average molecular weight is 284 g/mol. The van der Waals surface area contributed by atoms with Crippen LogP contribution >= 0.6 is 11.6 Å². The Balaban J connectivity index is 1.91. The molecule has 0 unspecified atom stereocenters. The zero-order valence-corrected chi connectivity index (χ0v) is 11.7. The van der Waals surface area contributed by atoms with E-state index in [2.05, 4.69) is 9.64 Å². The van der Waals surface area contributed by atoms with Crippen LogP contribution in [0.1, 0.15) is 12.0 Å². The second kappa shape index (κ2) is 6.89. The third kappa shape index (κ3) is 4.20. The first-order valence-corrected chi connectivity index (χ1v) is 6.71. The average Bonchev–Trinajstić information content (AvgIpc) is 2.42. The van der Waals surface area contributed by atoms with E-state index >= 15 is 0 Å². The Morgan fingerprint density at radius 1 is 1.53 bits per heavy atom. The minimum Gasteiger partial charge on any atom is -0.469 e. The fourth-order valence-electron chi connectivity index (χ4n) is 2.18. The summed E-state index contributed by atoms with van der Waals surface area (Å²) in [7, 11) is 1.40. The van der Waals surface area contributed by atoms with Crippen molar-refractivity contribution >= 4 is 17.6 Å².